The Bertz CT molecular complexity index is 518. The molecule has 1 aliphatic rings. The van der Waals surface area contributed by atoms with Crippen molar-refractivity contribution in [3.8, 4) is 0 Å². The summed E-state index contributed by atoms with van der Waals surface area (Å²) in [6.45, 7) is 2.96. The van der Waals surface area contributed by atoms with Crippen molar-refractivity contribution in [3.63, 3.8) is 0 Å². The summed E-state index contributed by atoms with van der Waals surface area (Å²) in [5.74, 6) is -0.241. The SMILES string of the molecule is CCCNC(=O)c1ccccc1NC(=O)C1(CN)CCC1. The lowest BCUT2D eigenvalue weighted by Gasteiger charge is -2.39. The molecule has 0 spiro atoms. The highest BCUT2D eigenvalue weighted by molar-refractivity contribution is 6.05. The Labute approximate surface area is 125 Å². The number of hydrogen-bond acceptors (Lipinski definition) is 3. The van der Waals surface area contributed by atoms with Crippen LogP contribution in [0.15, 0.2) is 24.3 Å². The summed E-state index contributed by atoms with van der Waals surface area (Å²) in [4.78, 5) is 24.5. The Hall–Kier alpha value is -1.88. The van der Waals surface area contributed by atoms with Gasteiger partial charge in [-0.2, -0.15) is 0 Å². The molecule has 0 aliphatic heterocycles. The van der Waals surface area contributed by atoms with Gasteiger partial charge in [-0.15, -0.1) is 0 Å². The monoisotopic (exact) mass is 289 g/mol. The van der Waals surface area contributed by atoms with Crippen LogP contribution in [-0.2, 0) is 4.79 Å². The zero-order valence-corrected chi connectivity index (χ0v) is 12.4. The van der Waals surface area contributed by atoms with Gasteiger partial charge in [-0.05, 0) is 31.4 Å². The van der Waals surface area contributed by atoms with Crippen LogP contribution in [0.4, 0.5) is 5.69 Å². The molecular formula is C16H23N3O2. The van der Waals surface area contributed by atoms with Crippen molar-refractivity contribution < 1.29 is 9.59 Å². The van der Waals surface area contributed by atoms with Gasteiger partial charge in [0.25, 0.3) is 5.91 Å². The van der Waals surface area contributed by atoms with Gasteiger partial charge in [0.1, 0.15) is 0 Å². The van der Waals surface area contributed by atoms with Crippen LogP contribution in [0.1, 0.15) is 43.0 Å². The first-order valence-electron chi connectivity index (χ1n) is 7.52. The van der Waals surface area contributed by atoms with E-state index in [1.807, 2.05) is 13.0 Å². The number of benzene rings is 1. The molecule has 1 fully saturated rings. The van der Waals surface area contributed by atoms with Crippen LogP contribution in [-0.4, -0.2) is 24.9 Å². The number of amides is 2. The zero-order chi connectivity index (χ0) is 15.3. The van der Waals surface area contributed by atoms with Crippen LogP contribution >= 0.6 is 0 Å². The van der Waals surface area contributed by atoms with Gasteiger partial charge in [0.15, 0.2) is 0 Å². The van der Waals surface area contributed by atoms with Crippen LogP contribution in [0.25, 0.3) is 0 Å². The summed E-state index contributed by atoms with van der Waals surface area (Å²) in [5, 5.41) is 5.71. The first-order chi connectivity index (χ1) is 10.1. The van der Waals surface area contributed by atoms with E-state index in [1.165, 1.54) is 0 Å². The molecule has 1 aromatic carbocycles. The predicted octanol–water partition coefficient (Wildman–Crippen LogP) is 1.89. The number of nitrogens with one attached hydrogen (secondary N) is 2. The van der Waals surface area contributed by atoms with Crippen molar-refractivity contribution >= 4 is 17.5 Å². The van der Waals surface area contributed by atoms with Gasteiger partial charge in [-0.1, -0.05) is 25.5 Å². The van der Waals surface area contributed by atoms with E-state index in [2.05, 4.69) is 10.6 Å². The molecule has 2 rings (SSSR count). The third-order valence-corrected chi connectivity index (χ3v) is 4.14. The Morgan fingerprint density at radius 1 is 1.29 bits per heavy atom. The molecule has 1 aliphatic carbocycles. The molecule has 0 saturated heterocycles. The van der Waals surface area contributed by atoms with Crippen molar-refractivity contribution in [3.05, 3.63) is 29.8 Å². The maximum Gasteiger partial charge on any atom is 0.253 e. The second kappa shape index (κ2) is 6.72. The maximum atomic E-state index is 12.4. The molecule has 0 radical (unpaired) electrons. The first kappa shape index (κ1) is 15.5. The maximum absolute atomic E-state index is 12.4. The molecule has 0 atom stereocenters. The normalized spacial score (nSPS) is 15.9. The van der Waals surface area contributed by atoms with E-state index in [1.54, 1.807) is 18.2 Å². The highest BCUT2D eigenvalue weighted by atomic mass is 16.2. The van der Waals surface area contributed by atoms with Gasteiger partial charge >= 0.3 is 0 Å². The highest BCUT2D eigenvalue weighted by Crippen LogP contribution is 2.41. The lowest BCUT2D eigenvalue weighted by molar-refractivity contribution is -0.129. The third kappa shape index (κ3) is 3.24. The first-order valence-corrected chi connectivity index (χ1v) is 7.52. The van der Waals surface area contributed by atoms with Gasteiger partial charge in [-0.25, -0.2) is 0 Å². The molecule has 1 saturated carbocycles. The molecule has 1 aromatic rings. The van der Waals surface area contributed by atoms with Crippen LogP contribution in [0.2, 0.25) is 0 Å². The summed E-state index contributed by atoms with van der Waals surface area (Å²) >= 11 is 0. The predicted molar refractivity (Wildman–Crippen MR) is 83.0 cm³/mol. The van der Waals surface area contributed by atoms with Gasteiger partial charge < -0.3 is 16.4 Å². The number of carbonyl (C=O) groups excluding carboxylic acids is 2. The van der Waals surface area contributed by atoms with Crippen molar-refractivity contribution in [2.75, 3.05) is 18.4 Å². The van der Waals surface area contributed by atoms with Crippen LogP contribution in [0.3, 0.4) is 0 Å². The molecule has 0 unspecified atom stereocenters. The highest BCUT2D eigenvalue weighted by Gasteiger charge is 2.43. The second-order valence-corrected chi connectivity index (χ2v) is 5.59. The standard InChI is InChI=1S/C16H23N3O2/c1-2-10-18-14(20)12-6-3-4-7-13(12)19-15(21)16(11-17)8-5-9-16/h3-4,6-7H,2,5,8-11,17H2,1H3,(H,18,20)(H,19,21). The van der Waals surface area contributed by atoms with Crippen molar-refractivity contribution in [1.82, 2.24) is 5.32 Å². The number of hydrogen-bond donors (Lipinski definition) is 3. The van der Waals surface area contributed by atoms with E-state index < -0.39 is 5.41 Å². The van der Waals surface area contributed by atoms with E-state index in [9.17, 15) is 9.59 Å². The Balaban J connectivity index is 2.13. The average molecular weight is 289 g/mol. The van der Waals surface area contributed by atoms with Crippen LogP contribution < -0.4 is 16.4 Å². The molecule has 21 heavy (non-hydrogen) atoms. The van der Waals surface area contributed by atoms with Crippen LogP contribution in [0, 0.1) is 5.41 Å². The fourth-order valence-electron chi connectivity index (χ4n) is 2.51. The Morgan fingerprint density at radius 2 is 2.00 bits per heavy atom. The molecule has 2 amide bonds. The fourth-order valence-corrected chi connectivity index (χ4v) is 2.51. The van der Waals surface area contributed by atoms with Gasteiger partial charge in [0.2, 0.25) is 5.91 Å². The van der Waals surface area contributed by atoms with E-state index in [0.29, 0.717) is 24.3 Å². The number of rotatable bonds is 6. The average Bonchev–Trinajstić information content (AvgIpc) is 2.44. The molecule has 4 N–H and O–H groups in total. The van der Waals surface area contributed by atoms with Crippen molar-refractivity contribution in [2.45, 2.75) is 32.6 Å². The van der Waals surface area contributed by atoms with Crippen molar-refractivity contribution in [1.29, 1.82) is 0 Å². The third-order valence-electron chi connectivity index (χ3n) is 4.14. The Kier molecular flexibility index (Phi) is 4.96. The minimum Gasteiger partial charge on any atom is -0.352 e. The lowest BCUT2D eigenvalue weighted by atomic mass is 9.68. The largest absolute Gasteiger partial charge is 0.352 e. The molecular weight excluding hydrogens is 266 g/mol. The summed E-state index contributed by atoms with van der Waals surface area (Å²) < 4.78 is 0. The second-order valence-electron chi connectivity index (χ2n) is 5.59. The molecule has 5 heteroatoms. The van der Waals surface area contributed by atoms with Gasteiger partial charge in [-0.3, -0.25) is 9.59 Å². The van der Waals surface area contributed by atoms with E-state index in [4.69, 9.17) is 5.73 Å². The molecule has 0 heterocycles. The summed E-state index contributed by atoms with van der Waals surface area (Å²) in [5.41, 5.74) is 6.34. The van der Waals surface area contributed by atoms with Gasteiger partial charge in [0.05, 0.1) is 16.7 Å². The van der Waals surface area contributed by atoms with E-state index >= 15 is 0 Å². The van der Waals surface area contributed by atoms with Crippen LogP contribution in [0.5, 0.6) is 0 Å². The van der Waals surface area contributed by atoms with Gasteiger partial charge in [0, 0.05) is 13.1 Å². The number of carbonyl (C=O) groups is 2. The fraction of sp³-hybridized carbons (Fsp3) is 0.500. The number of anilines is 1. The van der Waals surface area contributed by atoms with Crippen molar-refractivity contribution in [2.24, 2.45) is 11.1 Å². The summed E-state index contributed by atoms with van der Waals surface area (Å²) in [7, 11) is 0. The quantitative estimate of drug-likeness (QED) is 0.747. The number of para-hydroxylation sites is 1. The summed E-state index contributed by atoms with van der Waals surface area (Å²) in [6.07, 6.45) is 3.54. The topological polar surface area (TPSA) is 84.2 Å². The Morgan fingerprint density at radius 3 is 2.57 bits per heavy atom. The minimum atomic E-state index is -0.451. The number of nitrogens with two attached hydrogens (primary N) is 1. The minimum absolute atomic E-state index is 0.0769. The molecule has 5 nitrogen and oxygen atoms in total. The molecule has 114 valence electrons. The van der Waals surface area contributed by atoms with E-state index in [-0.39, 0.29) is 11.8 Å². The van der Waals surface area contributed by atoms with E-state index in [0.717, 1.165) is 25.7 Å². The summed E-state index contributed by atoms with van der Waals surface area (Å²) in [6, 6.07) is 7.07. The molecule has 0 aromatic heterocycles. The zero-order valence-electron chi connectivity index (χ0n) is 12.4. The molecule has 0 bridgehead atoms. The lowest BCUT2D eigenvalue weighted by Crippen LogP contribution is -2.47. The smallest absolute Gasteiger partial charge is 0.253 e.